The number of methoxy groups -OCH3 is 1. The number of ether oxygens (including phenoxy) is 1. The highest BCUT2D eigenvalue weighted by molar-refractivity contribution is 7.18. The zero-order valence-corrected chi connectivity index (χ0v) is 19.0. The van der Waals surface area contributed by atoms with Gasteiger partial charge in [0.25, 0.3) is 0 Å². The third-order valence-electron chi connectivity index (χ3n) is 4.93. The van der Waals surface area contributed by atoms with Crippen LogP contribution < -0.4 is 20.7 Å². The smallest absolute Gasteiger partial charge is 0.319 e. The fraction of sp³-hybridized carbons (Fsp3) is 0.273. The summed E-state index contributed by atoms with van der Waals surface area (Å²) in [5.74, 6) is -1.75. The number of nitrogens with zero attached hydrogens (tertiary/aromatic N) is 2. The normalized spacial score (nSPS) is 12.5. The Morgan fingerprint density at radius 1 is 1.12 bits per heavy atom. The summed E-state index contributed by atoms with van der Waals surface area (Å²) in [6.45, 7) is 3.67. The number of aromatic nitrogens is 2. The van der Waals surface area contributed by atoms with E-state index in [1.807, 2.05) is 19.1 Å². The van der Waals surface area contributed by atoms with Gasteiger partial charge in [0.15, 0.2) is 0 Å². The molecule has 0 radical (unpaired) electrons. The molecule has 0 aliphatic heterocycles. The largest absolute Gasteiger partial charge is 0.497 e. The Morgan fingerprint density at radius 3 is 2.61 bits per heavy atom. The number of carbonyl (C=O) groups is 2. The fourth-order valence-corrected chi connectivity index (χ4v) is 3.66. The van der Waals surface area contributed by atoms with E-state index in [1.54, 1.807) is 26.2 Å². The van der Waals surface area contributed by atoms with E-state index in [9.17, 15) is 18.4 Å². The zero-order valence-electron chi connectivity index (χ0n) is 18.2. The molecule has 1 aromatic heterocycles. The number of halogens is 2. The molecule has 3 rings (SSSR count). The summed E-state index contributed by atoms with van der Waals surface area (Å²) >= 11 is 1.17. The number of benzene rings is 2. The minimum Gasteiger partial charge on any atom is -0.497 e. The summed E-state index contributed by atoms with van der Waals surface area (Å²) in [6, 6.07) is 8.32. The van der Waals surface area contributed by atoms with Crippen molar-refractivity contribution in [3.8, 4) is 16.3 Å². The quantitative estimate of drug-likeness (QED) is 0.439. The van der Waals surface area contributed by atoms with Gasteiger partial charge in [0, 0.05) is 11.6 Å². The average molecular weight is 476 g/mol. The highest BCUT2D eigenvalue weighted by Gasteiger charge is 2.27. The third kappa shape index (κ3) is 6.22. The van der Waals surface area contributed by atoms with Gasteiger partial charge in [-0.3, -0.25) is 10.1 Å². The van der Waals surface area contributed by atoms with Gasteiger partial charge in [-0.15, -0.1) is 10.2 Å². The predicted molar refractivity (Wildman–Crippen MR) is 122 cm³/mol. The molecule has 3 aromatic rings. The topological polar surface area (TPSA) is 105 Å². The molecule has 8 nitrogen and oxygen atoms in total. The average Bonchev–Trinajstić information content (AvgIpc) is 3.27. The molecule has 0 saturated heterocycles. The summed E-state index contributed by atoms with van der Waals surface area (Å²) in [7, 11) is 1.56. The number of rotatable bonds is 8. The molecule has 3 N–H and O–H groups in total. The van der Waals surface area contributed by atoms with Gasteiger partial charge in [-0.2, -0.15) is 0 Å². The van der Waals surface area contributed by atoms with E-state index in [-0.39, 0.29) is 16.7 Å². The molecule has 0 fully saturated rings. The number of amides is 3. The van der Waals surface area contributed by atoms with Gasteiger partial charge in [0.1, 0.15) is 28.4 Å². The molecule has 0 aliphatic rings. The molecule has 2 atom stereocenters. The highest BCUT2D eigenvalue weighted by atomic mass is 32.1. The maximum atomic E-state index is 13.8. The molecule has 1 heterocycles. The lowest BCUT2D eigenvalue weighted by atomic mass is 9.98. The third-order valence-corrected chi connectivity index (χ3v) is 5.82. The molecule has 33 heavy (non-hydrogen) atoms. The van der Waals surface area contributed by atoms with E-state index in [0.29, 0.717) is 23.2 Å². The number of carbonyl (C=O) groups excluding carboxylic acids is 2. The second kappa shape index (κ2) is 10.8. The Bertz CT molecular complexity index is 1140. The van der Waals surface area contributed by atoms with E-state index < -0.39 is 29.6 Å². The van der Waals surface area contributed by atoms with Crippen LogP contribution in [0.1, 0.15) is 20.3 Å². The van der Waals surface area contributed by atoms with E-state index in [2.05, 4.69) is 26.1 Å². The molecule has 0 spiro atoms. The number of anilines is 2. The maximum absolute atomic E-state index is 13.8. The van der Waals surface area contributed by atoms with Gasteiger partial charge in [-0.25, -0.2) is 13.6 Å². The van der Waals surface area contributed by atoms with Crippen molar-refractivity contribution in [3.63, 3.8) is 0 Å². The van der Waals surface area contributed by atoms with Crippen LogP contribution in [0.3, 0.4) is 0 Å². The second-order valence-corrected chi connectivity index (χ2v) is 8.20. The van der Waals surface area contributed by atoms with Gasteiger partial charge in [-0.1, -0.05) is 43.7 Å². The van der Waals surface area contributed by atoms with E-state index in [0.717, 1.165) is 17.7 Å². The molecular weight excluding hydrogens is 452 g/mol. The highest BCUT2D eigenvalue weighted by Crippen LogP contribution is 2.29. The monoisotopic (exact) mass is 475 g/mol. The van der Waals surface area contributed by atoms with Gasteiger partial charge < -0.3 is 15.4 Å². The number of hydrogen-bond donors (Lipinski definition) is 3. The van der Waals surface area contributed by atoms with Crippen molar-refractivity contribution in [2.24, 2.45) is 5.92 Å². The molecule has 2 aromatic carbocycles. The Morgan fingerprint density at radius 2 is 1.91 bits per heavy atom. The minimum atomic E-state index is -0.928. The van der Waals surface area contributed by atoms with Crippen molar-refractivity contribution in [2.45, 2.75) is 26.3 Å². The molecular formula is C22H23F2N5O3S. The van der Waals surface area contributed by atoms with Crippen molar-refractivity contribution < 1.29 is 23.1 Å². The molecule has 11 heteroatoms. The van der Waals surface area contributed by atoms with Crippen molar-refractivity contribution >= 4 is 34.1 Å². The minimum absolute atomic E-state index is 0.204. The summed E-state index contributed by atoms with van der Waals surface area (Å²) in [6.07, 6.45) is 0.592. The van der Waals surface area contributed by atoms with Gasteiger partial charge in [-0.05, 0) is 30.2 Å². The van der Waals surface area contributed by atoms with E-state index in [4.69, 9.17) is 4.74 Å². The summed E-state index contributed by atoms with van der Waals surface area (Å²) < 4.78 is 32.1. The standard InChI is InChI=1S/C22H23F2N5O3S/c1-4-12(2)18(26-21(31)25-17-9-8-14(23)11-16(17)24)19(30)27-22-29-28-20(33-22)13-6-5-7-15(10-13)32-3/h5-12,18H,4H2,1-3H3,(H2,25,26,31)(H,27,29,30). The number of nitrogens with one attached hydrogen (secondary N) is 3. The lowest BCUT2D eigenvalue weighted by Gasteiger charge is -2.23. The van der Waals surface area contributed by atoms with Crippen molar-refractivity contribution in [1.29, 1.82) is 0 Å². The molecule has 0 aliphatic carbocycles. The Kier molecular flexibility index (Phi) is 7.88. The molecule has 0 bridgehead atoms. The van der Waals surface area contributed by atoms with Crippen LogP contribution in [0, 0.1) is 17.6 Å². The first-order valence-corrected chi connectivity index (χ1v) is 10.9. The van der Waals surface area contributed by atoms with Crippen molar-refractivity contribution in [2.75, 3.05) is 17.7 Å². The molecule has 3 amide bonds. The van der Waals surface area contributed by atoms with Crippen molar-refractivity contribution in [1.82, 2.24) is 15.5 Å². The van der Waals surface area contributed by atoms with Crippen LogP contribution in [-0.4, -0.2) is 35.3 Å². The first-order valence-electron chi connectivity index (χ1n) is 10.1. The van der Waals surface area contributed by atoms with E-state index >= 15 is 0 Å². The van der Waals surface area contributed by atoms with Crippen molar-refractivity contribution in [3.05, 3.63) is 54.1 Å². The van der Waals surface area contributed by atoms with Crippen LogP contribution in [0.4, 0.5) is 24.4 Å². The van der Waals surface area contributed by atoms with E-state index in [1.165, 1.54) is 11.3 Å². The SMILES string of the molecule is CCC(C)C(NC(=O)Nc1ccc(F)cc1F)C(=O)Nc1nnc(-c2cccc(OC)c2)s1. The second-order valence-electron chi connectivity index (χ2n) is 7.22. The van der Waals surface area contributed by atoms with Gasteiger partial charge in [0.05, 0.1) is 12.8 Å². The number of urea groups is 1. The van der Waals surface area contributed by atoms with Crippen LogP contribution in [0.2, 0.25) is 0 Å². The molecule has 2 unspecified atom stereocenters. The fourth-order valence-electron chi connectivity index (χ4n) is 2.92. The lowest BCUT2D eigenvalue weighted by molar-refractivity contribution is -0.119. The van der Waals surface area contributed by atoms with Crippen LogP contribution in [0.5, 0.6) is 5.75 Å². The Balaban J connectivity index is 1.69. The first-order chi connectivity index (χ1) is 15.8. The van der Waals surface area contributed by atoms with Gasteiger partial charge >= 0.3 is 6.03 Å². The summed E-state index contributed by atoms with van der Waals surface area (Å²) in [5, 5.41) is 16.5. The zero-order chi connectivity index (χ0) is 24.0. The summed E-state index contributed by atoms with van der Waals surface area (Å²) in [5.41, 5.74) is 0.578. The number of hydrogen-bond acceptors (Lipinski definition) is 6. The predicted octanol–water partition coefficient (Wildman–Crippen LogP) is 4.67. The Hall–Kier alpha value is -3.60. The van der Waals surface area contributed by atoms with Crippen LogP contribution >= 0.6 is 11.3 Å². The van der Waals surface area contributed by atoms with Crippen LogP contribution in [0.25, 0.3) is 10.6 Å². The van der Waals surface area contributed by atoms with Gasteiger partial charge in [0.2, 0.25) is 11.0 Å². The maximum Gasteiger partial charge on any atom is 0.319 e. The lowest BCUT2D eigenvalue weighted by Crippen LogP contribution is -2.49. The van der Waals surface area contributed by atoms with Crippen LogP contribution in [-0.2, 0) is 4.79 Å². The Labute approximate surface area is 193 Å². The summed E-state index contributed by atoms with van der Waals surface area (Å²) in [4.78, 5) is 25.3. The molecule has 0 saturated carbocycles. The molecule has 174 valence electrons. The first kappa shape index (κ1) is 24.1. The van der Waals surface area contributed by atoms with Crippen LogP contribution in [0.15, 0.2) is 42.5 Å².